The average Bonchev–Trinajstić information content (AvgIpc) is 2.50. The van der Waals surface area contributed by atoms with Crippen molar-refractivity contribution >= 4 is 11.6 Å². The van der Waals surface area contributed by atoms with E-state index in [1.54, 1.807) is 7.11 Å². The molecule has 6 heteroatoms. The number of anilines is 1. The zero-order valence-corrected chi connectivity index (χ0v) is 14.0. The van der Waals surface area contributed by atoms with Gasteiger partial charge >= 0.3 is 0 Å². The van der Waals surface area contributed by atoms with Crippen molar-refractivity contribution in [2.75, 3.05) is 46.2 Å². The number of aliphatic imine (C=N–C) groups is 1. The van der Waals surface area contributed by atoms with Crippen LogP contribution in [0.3, 0.4) is 0 Å². The predicted octanol–water partition coefficient (Wildman–Crippen LogP) is 1.78. The summed E-state index contributed by atoms with van der Waals surface area (Å²) in [5, 5.41) is 3.06. The molecule has 6 nitrogen and oxygen atoms in total. The lowest BCUT2D eigenvalue weighted by Gasteiger charge is -2.18. The fourth-order valence-corrected chi connectivity index (χ4v) is 1.93. The van der Waals surface area contributed by atoms with Crippen LogP contribution in [0.25, 0.3) is 0 Å². The highest BCUT2D eigenvalue weighted by Gasteiger charge is 2.08. The Hall–Kier alpha value is -1.79. The zero-order chi connectivity index (χ0) is 16.4. The zero-order valence-electron chi connectivity index (χ0n) is 14.0. The minimum Gasteiger partial charge on any atom is -0.497 e. The van der Waals surface area contributed by atoms with Gasteiger partial charge in [0.2, 0.25) is 0 Å². The molecule has 3 N–H and O–H groups in total. The van der Waals surface area contributed by atoms with Gasteiger partial charge in [0.1, 0.15) is 5.75 Å². The first kappa shape index (κ1) is 18.3. The van der Waals surface area contributed by atoms with E-state index in [0.29, 0.717) is 19.1 Å². The fourth-order valence-electron chi connectivity index (χ4n) is 1.93. The minimum absolute atomic E-state index is 0.0867. The summed E-state index contributed by atoms with van der Waals surface area (Å²) in [5.74, 6) is 1.20. The van der Waals surface area contributed by atoms with E-state index in [1.807, 2.05) is 45.3 Å². The molecule has 0 spiro atoms. The fraction of sp³-hybridized carbons (Fsp3) is 0.562. The molecule has 0 radical (unpaired) electrons. The lowest BCUT2D eigenvalue weighted by molar-refractivity contribution is 0.0583. The van der Waals surface area contributed by atoms with Crippen molar-refractivity contribution in [3.63, 3.8) is 0 Å². The molecule has 0 amide bonds. The monoisotopic (exact) mass is 308 g/mol. The van der Waals surface area contributed by atoms with Crippen LogP contribution in [-0.2, 0) is 4.74 Å². The van der Waals surface area contributed by atoms with E-state index in [9.17, 15) is 0 Å². The summed E-state index contributed by atoms with van der Waals surface area (Å²) in [6.45, 7) is 4.19. The number of hydrogen-bond acceptors (Lipinski definition) is 4. The number of guanidine groups is 1. The van der Waals surface area contributed by atoms with Crippen molar-refractivity contribution in [1.29, 1.82) is 0 Å². The van der Waals surface area contributed by atoms with Gasteiger partial charge in [0.25, 0.3) is 0 Å². The summed E-state index contributed by atoms with van der Waals surface area (Å²) in [5.41, 5.74) is 6.80. The van der Waals surface area contributed by atoms with E-state index in [0.717, 1.165) is 24.4 Å². The van der Waals surface area contributed by atoms with Gasteiger partial charge in [-0.25, -0.2) is 0 Å². The second-order valence-corrected chi connectivity index (χ2v) is 5.25. The maximum absolute atomic E-state index is 5.92. The van der Waals surface area contributed by atoms with Gasteiger partial charge in [-0.3, -0.25) is 4.99 Å². The standard InChI is InChI=1S/C16H28N4O2/c1-5-22-15(10-11-20(2)3)12-18-16(17)19-13-6-8-14(21-4)9-7-13/h6-9,15H,5,10-12H2,1-4H3,(H3,17,18,19). The second kappa shape index (κ2) is 10.0. The number of ether oxygens (including phenoxy) is 2. The maximum atomic E-state index is 5.92. The Morgan fingerprint density at radius 1 is 1.32 bits per heavy atom. The van der Waals surface area contributed by atoms with Crippen molar-refractivity contribution in [3.05, 3.63) is 24.3 Å². The molecular weight excluding hydrogens is 280 g/mol. The smallest absolute Gasteiger partial charge is 0.193 e. The van der Waals surface area contributed by atoms with Crippen molar-refractivity contribution in [1.82, 2.24) is 4.90 Å². The summed E-state index contributed by atoms with van der Waals surface area (Å²) in [6, 6.07) is 7.53. The molecule has 0 fully saturated rings. The van der Waals surface area contributed by atoms with Crippen LogP contribution in [0.2, 0.25) is 0 Å². The van der Waals surface area contributed by atoms with E-state index >= 15 is 0 Å². The number of nitrogens with zero attached hydrogens (tertiary/aromatic N) is 2. The number of benzene rings is 1. The van der Waals surface area contributed by atoms with E-state index < -0.39 is 0 Å². The Morgan fingerprint density at radius 2 is 2.00 bits per heavy atom. The van der Waals surface area contributed by atoms with Gasteiger partial charge in [-0.2, -0.15) is 0 Å². The van der Waals surface area contributed by atoms with Crippen molar-refractivity contribution in [2.45, 2.75) is 19.4 Å². The number of nitrogens with two attached hydrogens (primary N) is 1. The Labute approximate surface area is 133 Å². The predicted molar refractivity (Wildman–Crippen MR) is 91.7 cm³/mol. The lowest BCUT2D eigenvalue weighted by Crippen LogP contribution is -2.28. The lowest BCUT2D eigenvalue weighted by atomic mass is 10.2. The molecular formula is C16H28N4O2. The van der Waals surface area contributed by atoms with Gasteiger partial charge in [0, 0.05) is 18.8 Å². The van der Waals surface area contributed by atoms with E-state index in [2.05, 4.69) is 15.2 Å². The molecule has 0 aliphatic rings. The third kappa shape index (κ3) is 7.28. The van der Waals surface area contributed by atoms with Crippen LogP contribution in [0.1, 0.15) is 13.3 Å². The SMILES string of the molecule is CCOC(CCN(C)C)CN=C(N)Nc1ccc(OC)cc1. The van der Waals surface area contributed by atoms with Gasteiger partial charge < -0.3 is 25.4 Å². The molecule has 0 heterocycles. The van der Waals surface area contributed by atoms with Crippen LogP contribution < -0.4 is 15.8 Å². The highest BCUT2D eigenvalue weighted by atomic mass is 16.5. The summed E-state index contributed by atoms with van der Waals surface area (Å²) in [6.07, 6.45) is 1.02. The van der Waals surface area contributed by atoms with Crippen LogP contribution in [0.4, 0.5) is 5.69 Å². The van der Waals surface area contributed by atoms with Gasteiger partial charge in [-0.05, 0) is 51.7 Å². The van der Waals surface area contributed by atoms with Crippen LogP contribution in [0, 0.1) is 0 Å². The third-order valence-electron chi connectivity index (χ3n) is 3.13. The molecule has 1 unspecified atom stereocenters. The van der Waals surface area contributed by atoms with Gasteiger partial charge in [-0.1, -0.05) is 0 Å². The van der Waals surface area contributed by atoms with Gasteiger partial charge in [0.05, 0.1) is 19.8 Å². The molecule has 0 saturated heterocycles. The Bertz CT molecular complexity index is 446. The quantitative estimate of drug-likeness (QED) is 0.537. The van der Waals surface area contributed by atoms with Crippen LogP contribution in [0.5, 0.6) is 5.75 Å². The molecule has 1 atom stereocenters. The Morgan fingerprint density at radius 3 is 2.55 bits per heavy atom. The molecule has 0 saturated carbocycles. The molecule has 0 bridgehead atoms. The second-order valence-electron chi connectivity index (χ2n) is 5.25. The van der Waals surface area contributed by atoms with E-state index in [-0.39, 0.29) is 6.10 Å². The molecule has 0 aromatic heterocycles. The van der Waals surface area contributed by atoms with Crippen LogP contribution >= 0.6 is 0 Å². The Balaban J connectivity index is 2.50. The highest BCUT2D eigenvalue weighted by Crippen LogP contribution is 2.14. The largest absolute Gasteiger partial charge is 0.497 e. The van der Waals surface area contributed by atoms with Gasteiger partial charge in [-0.15, -0.1) is 0 Å². The summed E-state index contributed by atoms with van der Waals surface area (Å²) in [7, 11) is 5.73. The molecule has 1 aromatic carbocycles. The van der Waals surface area contributed by atoms with E-state index in [4.69, 9.17) is 15.2 Å². The first-order chi connectivity index (χ1) is 10.5. The molecule has 1 rings (SSSR count). The maximum Gasteiger partial charge on any atom is 0.193 e. The van der Waals surface area contributed by atoms with Crippen molar-refractivity contribution in [3.8, 4) is 5.75 Å². The molecule has 22 heavy (non-hydrogen) atoms. The van der Waals surface area contributed by atoms with Crippen LogP contribution in [0.15, 0.2) is 29.3 Å². The normalized spacial score (nSPS) is 13.2. The number of nitrogens with one attached hydrogen (secondary N) is 1. The number of methoxy groups -OCH3 is 1. The molecule has 0 aliphatic carbocycles. The summed E-state index contributed by atoms with van der Waals surface area (Å²) in [4.78, 5) is 6.50. The van der Waals surface area contributed by atoms with E-state index in [1.165, 1.54) is 0 Å². The summed E-state index contributed by atoms with van der Waals surface area (Å²) >= 11 is 0. The topological polar surface area (TPSA) is 72.1 Å². The van der Waals surface area contributed by atoms with Crippen molar-refractivity contribution < 1.29 is 9.47 Å². The molecule has 124 valence electrons. The highest BCUT2D eigenvalue weighted by molar-refractivity contribution is 5.92. The van der Waals surface area contributed by atoms with Gasteiger partial charge in [0.15, 0.2) is 5.96 Å². The number of hydrogen-bond donors (Lipinski definition) is 2. The average molecular weight is 308 g/mol. The van der Waals surface area contributed by atoms with Crippen LogP contribution in [-0.4, -0.2) is 57.9 Å². The first-order valence-corrected chi connectivity index (χ1v) is 7.52. The minimum atomic E-state index is 0.0867. The summed E-state index contributed by atoms with van der Waals surface area (Å²) < 4.78 is 10.8. The third-order valence-corrected chi connectivity index (χ3v) is 3.13. The first-order valence-electron chi connectivity index (χ1n) is 7.52. The molecule has 1 aromatic rings. The molecule has 0 aliphatic heterocycles. The van der Waals surface area contributed by atoms with Crippen molar-refractivity contribution in [2.24, 2.45) is 10.7 Å². The number of rotatable bonds is 9. The Kier molecular flexibility index (Phi) is 8.32.